The molecule has 0 heterocycles. The van der Waals surface area contributed by atoms with Crippen molar-refractivity contribution >= 4 is 6.71 Å². The Morgan fingerprint density at radius 3 is 2.64 bits per heavy atom. The van der Waals surface area contributed by atoms with Gasteiger partial charge >= 0.3 is 0 Å². The molecule has 0 amide bonds. The zero-order valence-corrected chi connectivity index (χ0v) is 8.06. The molecule has 2 heteroatoms. The monoisotopic (exact) mass is 153 g/mol. The molecule has 0 spiro atoms. The minimum absolute atomic E-state index is 0.873. The van der Waals surface area contributed by atoms with Crippen LogP contribution in [0.2, 0.25) is 12.6 Å². The highest BCUT2D eigenvalue weighted by Gasteiger charge is 2.29. The summed E-state index contributed by atoms with van der Waals surface area (Å²) in [4.78, 5) is 0. The predicted octanol–water partition coefficient (Wildman–Crippen LogP) is 2.06. The molecule has 0 saturated heterocycles. The first-order valence-electron chi connectivity index (χ1n) is 4.90. The highest BCUT2D eigenvalue weighted by Crippen LogP contribution is 2.37. The fourth-order valence-corrected chi connectivity index (χ4v) is 2.49. The molecule has 1 aliphatic rings. The molecule has 1 aliphatic carbocycles. The van der Waals surface area contributed by atoms with Crippen molar-refractivity contribution in [3.8, 4) is 0 Å². The fraction of sp³-hybridized carbons (Fsp3) is 1.00. The van der Waals surface area contributed by atoms with Gasteiger partial charge in [-0.15, -0.1) is 0 Å². The maximum absolute atomic E-state index is 3.26. The van der Waals surface area contributed by atoms with Crippen LogP contribution in [0.15, 0.2) is 0 Å². The van der Waals surface area contributed by atoms with Crippen LogP contribution in [0.1, 0.15) is 26.2 Å². The van der Waals surface area contributed by atoms with Crippen LogP contribution in [0, 0.1) is 5.92 Å². The van der Waals surface area contributed by atoms with E-state index in [-0.39, 0.29) is 0 Å². The van der Waals surface area contributed by atoms with Crippen LogP contribution in [0.5, 0.6) is 0 Å². The van der Waals surface area contributed by atoms with E-state index in [0.717, 1.165) is 18.4 Å². The molecule has 1 unspecified atom stereocenters. The van der Waals surface area contributed by atoms with E-state index in [1.165, 1.54) is 25.7 Å². The SMILES string of the molecule is CNCB(C)C1CCC[C@@H]1C. The molecular weight excluding hydrogens is 133 g/mol. The first-order chi connectivity index (χ1) is 5.25. The summed E-state index contributed by atoms with van der Waals surface area (Å²) in [6, 6.07) is 0. The van der Waals surface area contributed by atoms with E-state index in [1.54, 1.807) is 0 Å². The third kappa shape index (κ3) is 2.23. The van der Waals surface area contributed by atoms with E-state index >= 15 is 0 Å². The van der Waals surface area contributed by atoms with Gasteiger partial charge in [-0.05, 0) is 19.4 Å². The van der Waals surface area contributed by atoms with Gasteiger partial charge < -0.3 is 5.32 Å². The van der Waals surface area contributed by atoms with Gasteiger partial charge in [0.2, 0.25) is 0 Å². The maximum atomic E-state index is 3.26. The Morgan fingerprint density at radius 2 is 2.18 bits per heavy atom. The highest BCUT2D eigenvalue weighted by atomic mass is 14.8. The number of rotatable bonds is 3. The number of hydrogen-bond acceptors (Lipinski definition) is 1. The normalized spacial score (nSPS) is 30.8. The molecule has 11 heavy (non-hydrogen) atoms. The Balaban J connectivity index is 2.33. The van der Waals surface area contributed by atoms with E-state index < -0.39 is 0 Å². The Hall–Kier alpha value is 0.0249. The Bertz CT molecular complexity index is 116. The van der Waals surface area contributed by atoms with Gasteiger partial charge in [0.1, 0.15) is 0 Å². The maximum Gasteiger partial charge on any atom is 0.156 e. The molecule has 1 nitrogen and oxygen atoms in total. The zero-order chi connectivity index (χ0) is 8.27. The van der Waals surface area contributed by atoms with E-state index in [2.05, 4.69) is 26.1 Å². The van der Waals surface area contributed by atoms with E-state index in [9.17, 15) is 0 Å². The summed E-state index contributed by atoms with van der Waals surface area (Å²) in [7, 11) is 2.05. The van der Waals surface area contributed by atoms with Crippen LogP contribution >= 0.6 is 0 Å². The van der Waals surface area contributed by atoms with Crippen molar-refractivity contribution in [1.82, 2.24) is 5.32 Å². The lowest BCUT2D eigenvalue weighted by molar-refractivity contribution is 0.599. The van der Waals surface area contributed by atoms with Crippen LogP contribution in [-0.4, -0.2) is 20.2 Å². The average Bonchev–Trinajstić information content (AvgIpc) is 2.36. The Labute approximate surface area is 71.0 Å². The molecule has 0 bridgehead atoms. The molecular formula is C9H20BN. The molecule has 1 rings (SSSR count). The van der Waals surface area contributed by atoms with Gasteiger partial charge in [0.25, 0.3) is 0 Å². The van der Waals surface area contributed by atoms with Crippen molar-refractivity contribution in [2.45, 2.75) is 38.8 Å². The van der Waals surface area contributed by atoms with Crippen LogP contribution in [0.3, 0.4) is 0 Å². The van der Waals surface area contributed by atoms with E-state index in [4.69, 9.17) is 0 Å². The number of nitrogens with one attached hydrogen (secondary N) is 1. The first kappa shape index (κ1) is 9.12. The van der Waals surface area contributed by atoms with Crippen molar-refractivity contribution in [2.24, 2.45) is 5.92 Å². The van der Waals surface area contributed by atoms with Gasteiger partial charge in [-0.2, -0.15) is 0 Å². The van der Waals surface area contributed by atoms with Crippen LogP contribution in [-0.2, 0) is 0 Å². The third-order valence-electron chi connectivity index (χ3n) is 3.18. The topological polar surface area (TPSA) is 12.0 Å². The van der Waals surface area contributed by atoms with E-state index in [1.807, 2.05) is 0 Å². The summed E-state index contributed by atoms with van der Waals surface area (Å²) in [5.74, 6) is 1.96. The van der Waals surface area contributed by atoms with Gasteiger partial charge in [0.05, 0.1) is 0 Å². The third-order valence-corrected chi connectivity index (χ3v) is 3.18. The molecule has 2 atom stereocenters. The highest BCUT2D eigenvalue weighted by molar-refractivity contribution is 6.59. The number of hydrogen-bond donors (Lipinski definition) is 1. The van der Waals surface area contributed by atoms with Gasteiger partial charge in [0.15, 0.2) is 6.71 Å². The molecule has 0 aliphatic heterocycles. The molecule has 1 N–H and O–H groups in total. The second-order valence-electron chi connectivity index (χ2n) is 4.11. The van der Waals surface area contributed by atoms with Gasteiger partial charge in [-0.25, -0.2) is 0 Å². The van der Waals surface area contributed by atoms with Crippen molar-refractivity contribution in [2.75, 3.05) is 13.5 Å². The summed E-state index contributed by atoms with van der Waals surface area (Å²) in [5, 5.41) is 3.26. The van der Waals surface area contributed by atoms with Crippen molar-refractivity contribution in [3.63, 3.8) is 0 Å². The van der Waals surface area contributed by atoms with E-state index in [0.29, 0.717) is 0 Å². The lowest BCUT2D eigenvalue weighted by Gasteiger charge is -2.19. The Kier molecular flexibility index (Phi) is 3.44. The summed E-state index contributed by atoms with van der Waals surface area (Å²) >= 11 is 0. The van der Waals surface area contributed by atoms with Gasteiger partial charge in [-0.1, -0.05) is 38.8 Å². The molecule has 1 fully saturated rings. The van der Waals surface area contributed by atoms with Crippen molar-refractivity contribution in [1.29, 1.82) is 0 Å². The van der Waals surface area contributed by atoms with Crippen LogP contribution in [0.25, 0.3) is 0 Å². The quantitative estimate of drug-likeness (QED) is 0.612. The smallest absolute Gasteiger partial charge is 0.156 e. The average molecular weight is 153 g/mol. The molecule has 64 valence electrons. The molecule has 0 radical (unpaired) electrons. The first-order valence-corrected chi connectivity index (χ1v) is 4.90. The zero-order valence-electron chi connectivity index (χ0n) is 8.06. The minimum Gasteiger partial charge on any atom is -0.327 e. The second kappa shape index (κ2) is 4.15. The summed E-state index contributed by atoms with van der Waals surface area (Å²) in [6.07, 6.45) is 5.57. The summed E-state index contributed by atoms with van der Waals surface area (Å²) < 4.78 is 0. The minimum atomic E-state index is 0.873. The standard InChI is InChI=1S/C9H20BN/c1-8-5-4-6-9(8)10(2)7-11-3/h8-9,11H,4-7H2,1-3H3/t8-,9?/m0/s1. The molecule has 0 aromatic rings. The lowest BCUT2D eigenvalue weighted by Crippen LogP contribution is -2.30. The predicted molar refractivity (Wildman–Crippen MR) is 52.3 cm³/mol. The largest absolute Gasteiger partial charge is 0.327 e. The summed E-state index contributed by atoms with van der Waals surface area (Å²) in [5.41, 5.74) is 0. The lowest BCUT2D eigenvalue weighted by atomic mass is 9.41. The van der Waals surface area contributed by atoms with Crippen LogP contribution in [0.4, 0.5) is 0 Å². The van der Waals surface area contributed by atoms with Gasteiger partial charge in [0, 0.05) is 0 Å². The van der Waals surface area contributed by atoms with Gasteiger partial charge in [-0.3, -0.25) is 0 Å². The summed E-state index contributed by atoms with van der Waals surface area (Å²) in [6.45, 7) is 5.66. The van der Waals surface area contributed by atoms with Crippen LogP contribution < -0.4 is 5.32 Å². The Morgan fingerprint density at radius 1 is 1.45 bits per heavy atom. The van der Waals surface area contributed by atoms with Crippen molar-refractivity contribution < 1.29 is 0 Å². The second-order valence-corrected chi connectivity index (χ2v) is 4.11. The molecule has 1 saturated carbocycles. The molecule has 0 aromatic carbocycles. The molecule has 0 aromatic heterocycles. The van der Waals surface area contributed by atoms with Crippen molar-refractivity contribution in [3.05, 3.63) is 0 Å². The fourth-order valence-electron chi connectivity index (χ4n) is 2.49.